The van der Waals surface area contributed by atoms with Crippen molar-refractivity contribution in [3.8, 4) is 0 Å². The maximum atomic E-state index is 12.1. The molecule has 22 heavy (non-hydrogen) atoms. The fourth-order valence-corrected chi connectivity index (χ4v) is 2.12. The van der Waals surface area contributed by atoms with Gasteiger partial charge < -0.3 is 14.8 Å². The number of hydrogen-bond acceptors (Lipinski definition) is 5. The maximum Gasteiger partial charge on any atom is 0.408 e. The van der Waals surface area contributed by atoms with E-state index in [1.807, 2.05) is 0 Å². The average Bonchev–Trinajstić information content (AvgIpc) is 3.11. The van der Waals surface area contributed by atoms with Crippen LogP contribution in [0.2, 0.25) is 0 Å². The van der Waals surface area contributed by atoms with Gasteiger partial charge in [0.15, 0.2) is 0 Å². The number of ether oxygens (including phenoxy) is 2. The lowest BCUT2D eigenvalue weighted by molar-refractivity contribution is -0.144. The molecule has 0 aromatic rings. The number of hydrogen-bond donors (Lipinski definition) is 1. The molecule has 0 bridgehead atoms. The molecule has 0 aromatic heterocycles. The molecule has 118 valence electrons. The summed E-state index contributed by atoms with van der Waals surface area (Å²) in [6.07, 6.45) is 2.59. The second-order valence-corrected chi connectivity index (χ2v) is 5.95. The lowest BCUT2D eigenvalue weighted by atomic mass is 10.1. The van der Waals surface area contributed by atoms with E-state index in [4.69, 9.17) is 17.3 Å². The Bertz CT molecular complexity index is 522. The van der Waals surface area contributed by atoms with Crippen molar-refractivity contribution in [2.45, 2.75) is 38.3 Å². The second kappa shape index (κ2) is 6.81. The molecule has 1 amide bonds. The van der Waals surface area contributed by atoms with E-state index in [2.05, 4.69) is 16.9 Å². The van der Waals surface area contributed by atoms with E-state index in [0.29, 0.717) is 12.1 Å². The molecule has 1 rings (SSSR count). The Labute approximate surface area is 132 Å². The van der Waals surface area contributed by atoms with Gasteiger partial charge in [0.1, 0.15) is 19.0 Å². The first kappa shape index (κ1) is 18.0. The van der Waals surface area contributed by atoms with Gasteiger partial charge in [-0.3, -0.25) is 4.99 Å². The van der Waals surface area contributed by atoms with Gasteiger partial charge in [-0.15, -0.1) is 5.98 Å². The summed E-state index contributed by atoms with van der Waals surface area (Å²) in [5.74, 6) is 0.392. The largest absolute Gasteiger partial charge is 0.467 e. The van der Waals surface area contributed by atoms with E-state index in [1.54, 1.807) is 20.8 Å². The molecule has 1 aliphatic carbocycles. The first-order valence-corrected chi connectivity index (χ1v) is 6.86. The topological polar surface area (TPSA) is 77.0 Å². The third kappa shape index (κ3) is 4.22. The van der Waals surface area contributed by atoms with Crippen molar-refractivity contribution in [1.82, 2.24) is 5.32 Å². The molecule has 1 fully saturated rings. The van der Waals surface area contributed by atoms with Crippen molar-refractivity contribution >= 4 is 25.6 Å². The van der Waals surface area contributed by atoms with Gasteiger partial charge in [-0.2, -0.15) is 0 Å². The molecule has 1 N–H and O–H groups in total. The van der Waals surface area contributed by atoms with Gasteiger partial charge in [0, 0.05) is 17.8 Å². The number of allylic oxidation sites excluding steroid dienone is 1. The normalized spacial score (nSPS) is 24.7. The SMILES string of the molecule is [B]/C=C/N=C(C=C)C1CC1(NC(=O)OC(C)(C)C)C(=O)OC. The Morgan fingerprint density at radius 3 is 2.55 bits per heavy atom. The zero-order valence-electron chi connectivity index (χ0n) is 13.4. The minimum atomic E-state index is -1.17. The van der Waals surface area contributed by atoms with E-state index in [1.165, 1.54) is 25.4 Å². The number of nitrogens with zero attached hydrogens (tertiary/aromatic N) is 1. The average molecular weight is 304 g/mol. The molecule has 0 heterocycles. The van der Waals surface area contributed by atoms with E-state index in [0.717, 1.165) is 0 Å². The molecule has 0 aromatic carbocycles. The van der Waals surface area contributed by atoms with E-state index >= 15 is 0 Å². The quantitative estimate of drug-likeness (QED) is 0.476. The molecule has 0 spiro atoms. The number of nitrogens with one attached hydrogen (secondary N) is 1. The summed E-state index contributed by atoms with van der Waals surface area (Å²) in [5.41, 5.74) is -1.29. The Kier molecular flexibility index (Phi) is 5.57. The molecule has 2 atom stereocenters. The van der Waals surface area contributed by atoms with Gasteiger partial charge in [0.2, 0.25) is 0 Å². The maximum absolute atomic E-state index is 12.1. The van der Waals surface area contributed by atoms with Crippen LogP contribution in [0.3, 0.4) is 0 Å². The molecule has 0 saturated heterocycles. The predicted molar refractivity (Wildman–Crippen MR) is 84.7 cm³/mol. The molecule has 0 aliphatic heterocycles. The minimum absolute atomic E-state index is 0.332. The monoisotopic (exact) mass is 304 g/mol. The molecule has 1 saturated carbocycles. The number of carbonyl (C=O) groups excluding carboxylic acids is 2. The molecule has 2 radical (unpaired) electrons. The first-order chi connectivity index (χ1) is 10.2. The summed E-state index contributed by atoms with van der Waals surface area (Å²) in [6.45, 7) is 8.88. The summed E-state index contributed by atoms with van der Waals surface area (Å²) >= 11 is 0. The first-order valence-electron chi connectivity index (χ1n) is 6.86. The lowest BCUT2D eigenvalue weighted by Gasteiger charge is -2.23. The molecular weight excluding hydrogens is 283 g/mol. The third-order valence-electron chi connectivity index (χ3n) is 3.11. The van der Waals surface area contributed by atoms with Crippen molar-refractivity contribution in [3.05, 3.63) is 24.8 Å². The number of esters is 1. The molecule has 2 unspecified atom stereocenters. The number of rotatable bonds is 5. The highest BCUT2D eigenvalue weighted by Gasteiger charge is 2.64. The lowest BCUT2D eigenvalue weighted by Crippen LogP contribution is -2.48. The third-order valence-corrected chi connectivity index (χ3v) is 3.11. The van der Waals surface area contributed by atoms with Crippen LogP contribution in [0.4, 0.5) is 4.79 Å². The highest BCUT2D eigenvalue weighted by molar-refractivity contribution is 6.17. The number of amides is 1. The molecular formula is C15H21BN2O4. The summed E-state index contributed by atoms with van der Waals surface area (Å²) < 4.78 is 9.99. The standard InChI is InChI=1S/C15H21BN2O4/c1-6-11(17-8-7-16)10-9-15(10,12(19)21-5)18-13(20)22-14(2,3)4/h6-8,10H,1,9H2,2-5H3,(H,18,20)/b8-7+,17-11?. The summed E-state index contributed by atoms with van der Waals surface area (Å²) in [4.78, 5) is 28.2. The van der Waals surface area contributed by atoms with Gasteiger partial charge >= 0.3 is 12.1 Å². The Morgan fingerprint density at radius 1 is 1.45 bits per heavy atom. The summed E-state index contributed by atoms with van der Waals surface area (Å²) in [7, 11) is 6.52. The zero-order valence-corrected chi connectivity index (χ0v) is 13.4. The van der Waals surface area contributed by atoms with Gasteiger partial charge in [-0.05, 0) is 33.3 Å². The Balaban J connectivity index is 2.95. The number of alkyl carbamates (subject to hydrolysis) is 1. The number of carbonyl (C=O) groups is 2. The zero-order chi connectivity index (χ0) is 17.0. The van der Waals surface area contributed by atoms with Crippen LogP contribution in [0.1, 0.15) is 27.2 Å². The van der Waals surface area contributed by atoms with Crippen LogP contribution in [-0.4, -0.2) is 43.9 Å². The molecule has 7 heteroatoms. The minimum Gasteiger partial charge on any atom is -0.467 e. The van der Waals surface area contributed by atoms with Crippen molar-refractivity contribution in [3.63, 3.8) is 0 Å². The Hall–Kier alpha value is -2.05. The van der Waals surface area contributed by atoms with Crippen LogP contribution in [0, 0.1) is 5.92 Å². The van der Waals surface area contributed by atoms with Crippen LogP contribution < -0.4 is 5.32 Å². The van der Waals surface area contributed by atoms with Crippen molar-refractivity contribution < 1.29 is 19.1 Å². The number of methoxy groups -OCH3 is 1. The van der Waals surface area contributed by atoms with Crippen LogP contribution >= 0.6 is 0 Å². The Morgan fingerprint density at radius 2 is 2.09 bits per heavy atom. The van der Waals surface area contributed by atoms with Crippen LogP contribution in [-0.2, 0) is 14.3 Å². The second-order valence-electron chi connectivity index (χ2n) is 5.95. The molecule has 1 aliphatic rings. The van der Waals surface area contributed by atoms with Gasteiger partial charge in [-0.25, -0.2) is 9.59 Å². The van der Waals surface area contributed by atoms with Crippen molar-refractivity contribution in [2.24, 2.45) is 10.9 Å². The van der Waals surface area contributed by atoms with Gasteiger partial charge in [-0.1, -0.05) is 6.58 Å². The summed E-state index contributed by atoms with van der Waals surface area (Å²) in [5, 5.41) is 2.60. The van der Waals surface area contributed by atoms with Crippen LogP contribution in [0.25, 0.3) is 0 Å². The highest BCUT2D eigenvalue weighted by Crippen LogP contribution is 2.46. The van der Waals surface area contributed by atoms with Crippen LogP contribution in [0.15, 0.2) is 29.8 Å². The highest BCUT2D eigenvalue weighted by atomic mass is 16.6. The predicted octanol–water partition coefficient (Wildman–Crippen LogP) is 1.71. The van der Waals surface area contributed by atoms with Crippen molar-refractivity contribution in [1.29, 1.82) is 0 Å². The number of aliphatic imine (C=N–C) groups is 1. The molecule has 6 nitrogen and oxygen atoms in total. The van der Waals surface area contributed by atoms with Gasteiger partial charge in [0.25, 0.3) is 0 Å². The fourth-order valence-electron chi connectivity index (χ4n) is 2.12. The smallest absolute Gasteiger partial charge is 0.408 e. The van der Waals surface area contributed by atoms with E-state index in [-0.39, 0.29) is 5.92 Å². The summed E-state index contributed by atoms with van der Waals surface area (Å²) in [6, 6.07) is 0. The van der Waals surface area contributed by atoms with E-state index < -0.39 is 23.2 Å². The van der Waals surface area contributed by atoms with Gasteiger partial charge in [0.05, 0.1) is 7.11 Å². The van der Waals surface area contributed by atoms with Crippen LogP contribution in [0.5, 0.6) is 0 Å². The van der Waals surface area contributed by atoms with E-state index in [9.17, 15) is 9.59 Å². The fraction of sp³-hybridized carbons (Fsp3) is 0.533. The van der Waals surface area contributed by atoms with Crippen molar-refractivity contribution in [2.75, 3.05) is 7.11 Å².